The maximum absolute atomic E-state index is 4.32. The van der Waals surface area contributed by atoms with Crippen LogP contribution in [0.5, 0.6) is 0 Å². The zero-order valence-electron chi connectivity index (χ0n) is 11.8. The number of alkyl halides is 1. The smallest absolute Gasteiger partial charge is 0.106 e. The summed E-state index contributed by atoms with van der Waals surface area (Å²) in [5, 5.41) is 2.42. The van der Waals surface area contributed by atoms with Crippen LogP contribution in [0.3, 0.4) is 0 Å². The summed E-state index contributed by atoms with van der Waals surface area (Å²) in [6, 6.07) is 4.25. The number of aryl methyl sites for hydroxylation is 1. The largest absolute Gasteiger partial charge is 0.346 e. The van der Waals surface area contributed by atoms with Crippen molar-refractivity contribution in [2.24, 2.45) is 0 Å². The van der Waals surface area contributed by atoms with Gasteiger partial charge in [0.05, 0.1) is 11.7 Å². The molecule has 0 aliphatic carbocycles. The third-order valence-corrected chi connectivity index (χ3v) is 4.65. The van der Waals surface area contributed by atoms with Crippen LogP contribution in [0.4, 0.5) is 0 Å². The predicted octanol–water partition coefficient (Wildman–Crippen LogP) is 5.92. The number of rotatable bonds is 9. The SMILES string of the molecule is BrCCCCCCCCCn1ccc2cc(Br)ncc21. The van der Waals surface area contributed by atoms with Gasteiger partial charge in [-0.1, -0.05) is 48.0 Å². The molecule has 0 aliphatic heterocycles. The van der Waals surface area contributed by atoms with Gasteiger partial charge in [-0.3, -0.25) is 0 Å². The maximum Gasteiger partial charge on any atom is 0.106 e. The second-order valence-corrected chi connectivity index (χ2v) is 6.84. The fraction of sp³-hybridized carbons (Fsp3) is 0.562. The molecule has 0 atom stereocenters. The number of fused-ring (bicyclic) bond motifs is 1. The molecule has 110 valence electrons. The van der Waals surface area contributed by atoms with Gasteiger partial charge in [-0.15, -0.1) is 0 Å². The Morgan fingerprint density at radius 3 is 2.45 bits per heavy atom. The molecule has 0 aliphatic rings. The van der Waals surface area contributed by atoms with E-state index in [0.29, 0.717) is 0 Å². The molecule has 0 spiro atoms. The van der Waals surface area contributed by atoms with Gasteiger partial charge in [0.15, 0.2) is 0 Å². The Kier molecular flexibility index (Phi) is 7.08. The van der Waals surface area contributed by atoms with Gasteiger partial charge in [0.2, 0.25) is 0 Å². The van der Waals surface area contributed by atoms with Gasteiger partial charge in [-0.25, -0.2) is 4.98 Å². The number of hydrogen-bond acceptors (Lipinski definition) is 1. The number of unbranched alkanes of at least 4 members (excludes halogenated alkanes) is 6. The molecule has 0 N–H and O–H groups in total. The van der Waals surface area contributed by atoms with E-state index in [4.69, 9.17) is 0 Å². The molecule has 2 nitrogen and oxygen atoms in total. The van der Waals surface area contributed by atoms with Crippen molar-refractivity contribution in [3.05, 3.63) is 29.1 Å². The molecule has 2 aromatic rings. The minimum atomic E-state index is 0.909. The van der Waals surface area contributed by atoms with Crippen LogP contribution in [0.1, 0.15) is 44.9 Å². The fourth-order valence-electron chi connectivity index (χ4n) is 2.52. The lowest BCUT2D eigenvalue weighted by Crippen LogP contribution is -1.96. The van der Waals surface area contributed by atoms with Gasteiger partial charge in [0.25, 0.3) is 0 Å². The van der Waals surface area contributed by atoms with Crippen LogP contribution in [0.25, 0.3) is 10.9 Å². The van der Waals surface area contributed by atoms with E-state index in [1.54, 1.807) is 0 Å². The second-order valence-electron chi connectivity index (χ2n) is 5.24. The van der Waals surface area contributed by atoms with Gasteiger partial charge < -0.3 is 4.57 Å². The highest BCUT2D eigenvalue weighted by Crippen LogP contribution is 2.19. The second kappa shape index (κ2) is 8.83. The quantitative estimate of drug-likeness (QED) is 0.289. The van der Waals surface area contributed by atoms with Crippen molar-refractivity contribution >= 4 is 42.8 Å². The lowest BCUT2D eigenvalue weighted by atomic mass is 10.1. The summed E-state index contributed by atoms with van der Waals surface area (Å²) < 4.78 is 3.23. The topological polar surface area (TPSA) is 17.8 Å². The molecular formula is C16H22Br2N2. The molecular weight excluding hydrogens is 380 g/mol. The molecule has 0 radical (unpaired) electrons. The van der Waals surface area contributed by atoms with Crippen LogP contribution in [0.15, 0.2) is 29.1 Å². The van der Waals surface area contributed by atoms with Crippen LogP contribution in [-0.4, -0.2) is 14.9 Å². The van der Waals surface area contributed by atoms with Crippen LogP contribution in [0, 0.1) is 0 Å². The molecule has 0 amide bonds. The van der Waals surface area contributed by atoms with Gasteiger partial charge in [-0.2, -0.15) is 0 Å². The Morgan fingerprint density at radius 1 is 1.00 bits per heavy atom. The highest BCUT2D eigenvalue weighted by molar-refractivity contribution is 9.10. The highest BCUT2D eigenvalue weighted by Gasteiger charge is 2.02. The standard InChI is InChI=1S/C16H22Br2N2/c17-9-6-4-2-1-3-5-7-10-20-11-8-14-12-16(18)19-13-15(14)20/h8,11-13H,1-7,9-10H2. The van der Waals surface area contributed by atoms with Crippen molar-refractivity contribution < 1.29 is 0 Å². The third kappa shape index (κ3) is 4.88. The van der Waals surface area contributed by atoms with Crippen LogP contribution >= 0.6 is 31.9 Å². The first kappa shape index (κ1) is 16.0. The number of nitrogens with zero attached hydrogens (tertiary/aromatic N) is 2. The number of halogens is 2. The molecule has 0 aromatic carbocycles. The summed E-state index contributed by atoms with van der Waals surface area (Å²) in [6.45, 7) is 1.11. The van der Waals surface area contributed by atoms with Crippen molar-refractivity contribution in [1.29, 1.82) is 0 Å². The molecule has 4 heteroatoms. The Bertz CT molecular complexity index is 522. The van der Waals surface area contributed by atoms with Crippen molar-refractivity contribution in [3.8, 4) is 0 Å². The molecule has 2 aromatic heterocycles. The fourth-order valence-corrected chi connectivity index (χ4v) is 3.26. The Balaban J connectivity index is 1.68. The van der Waals surface area contributed by atoms with Crippen LogP contribution in [0.2, 0.25) is 0 Å². The first-order valence-electron chi connectivity index (χ1n) is 7.47. The van der Waals surface area contributed by atoms with Gasteiger partial charge >= 0.3 is 0 Å². The monoisotopic (exact) mass is 400 g/mol. The van der Waals surface area contributed by atoms with Crippen molar-refractivity contribution in [1.82, 2.24) is 9.55 Å². The average molecular weight is 402 g/mol. The normalized spacial score (nSPS) is 11.3. The van der Waals surface area contributed by atoms with Crippen molar-refractivity contribution in [2.45, 2.75) is 51.5 Å². The minimum Gasteiger partial charge on any atom is -0.346 e. The molecule has 0 bridgehead atoms. The summed E-state index contributed by atoms with van der Waals surface area (Å²) in [7, 11) is 0. The van der Waals surface area contributed by atoms with Crippen molar-refractivity contribution in [3.63, 3.8) is 0 Å². The van der Waals surface area contributed by atoms with E-state index in [9.17, 15) is 0 Å². The van der Waals surface area contributed by atoms with E-state index in [1.807, 2.05) is 6.20 Å². The third-order valence-electron chi connectivity index (χ3n) is 3.66. The number of aromatic nitrogens is 2. The Hall–Kier alpha value is -0.350. The number of pyridine rings is 1. The van der Waals surface area contributed by atoms with E-state index in [-0.39, 0.29) is 0 Å². The molecule has 0 unspecified atom stereocenters. The molecule has 0 fully saturated rings. The lowest BCUT2D eigenvalue weighted by molar-refractivity contribution is 0.557. The summed E-state index contributed by atoms with van der Waals surface area (Å²) in [4.78, 5) is 4.32. The predicted molar refractivity (Wildman–Crippen MR) is 93.5 cm³/mol. The summed E-state index contributed by atoms with van der Waals surface area (Å²) in [5.41, 5.74) is 1.24. The molecule has 0 saturated carbocycles. The highest BCUT2D eigenvalue weighted by atomic mass is 79.9. The number of hydrogen-bond donors (Lipinski definition) is 0. The zero-order valence-corrected chi connectivity index (χ0v) is 15.0. The van der Waals surface area contributed by atoms with Gasteiger partial charge in [0.1, 0.15) is 4.60 Å². The van der Waals surface area contributed by atoms with Crippen LogP contribution < -0.4 is 0 Å². The van der Waals surface area contributed by atoms with E-state index in [2.05, 4.69) is 59.7 Å². The van der Waals surface area contributed by atoms with Crippen LogP contribution in [-0.2, 0) is 6.54 Å². The molecule has 20 heavy (non-hydrogen) atoms. The lowest BCUT2D eigenvalue weighted by Gasteiger charge is -2.05. The maximum atomic E-state index is 4.32. The first-order valence-corrected chi connectivity index (χ1v) is 9.39. The first-order chi connectivity index (χ1) is 9.81. The van der Waals surface area contributed by atoms with Gasteiger partial charge in [-0.05, 0) is 40.9 Å². The average Bonchev–Trinajstić information content (AvgIpc) is 2.84. The Morgan fingerprint density at radius 2 is 1.70 bits per heavy atom. The summed E-state index contributed by atoms with van der Waals surface area (Å²) >= 11 is 6.90. The summed E-state index contributed by atoms with van der Waals surface area (Å²) in [5.74, 6) is 0. The van der Waals surface area contributed by atoms with Gasteiger partial charge in [0, 0.05) is 23.5 Å². The van der Waals surface area contributed by atoms with E-state index >= 15 is 0 Å². The van der Waals surface area contributed by atoms with E-state index in [0.717, 1.165) is 16.5 Å². The minimum absolute atomic E-state index is 0.909. The van der Waals surface area contributed by atoms with E-state index in [1.165, 1.54) is 55.8 Å². The molecule has 2 heterocycles. The zero-order chi connectivity index (χ0) is 14.2. The van der Waals surface area contributed by atoms with E-state index < -0.39 is 0 Å². The molecule has 2 rings (SSSR count). The molecule has 0 saturated heterocycles. The Labute approximate surface area is 138 Å². The summed E-state index contributed by atoms with van der Waals surface area (Å²) in [6.07, 6.45) is 13.5. The van der Waals surface area contributed by atoms with Crippen molar-refractivity contribution in [2.75, 3.05) is 5.33 Å².